The minimum absolute atomic E-state index is 0.0253. The predicted molar refractivity (Wildman–Crippen MR) is 117 cm³/mol. The molecule has 2 rings (SSSR count). The SMILES string of the molecule is CC.CC/C(C)=C(/C)c1cc(C(=O)NCCN2CCN(C)CC2)ccc1C. The van der Waals surface area contributed by atoms with E-state index in [-0.39, 0.29) is 5.91 Å². The lowest BCUT2D eigenvalue weighted by Gasteiger charge is -2.32. The number of carbonyl (C=O) groups is 1. The molecular weight excluding hydrogens is 334 g/mol. The maximum atomic E-state index is 12.5. The molecule has 4 heteroatoms. The Kier molecular flexibility index (Phi) is 10.3. The summed E-state index contributed by atoms with van der Waals surface area (Å²) in [7, 11) is 2.16. The molecule has 1 aromatic rings. The summed E-state index contributed by atoms with van der Waals surface area (Å²) in [4.78, 5) is 17.3. The lowest BCUT2D eigenvalue weighted by atomic mass is 9.95. The number of hydrogen-bond acceptors (Lipinski definition) is 3. The molecule has 0 saturated carbocycles. The second-order valence-corrected chi connectivity index (χ2v) is 7.19. The van der Waals surface area contributed by atoms with Crippen molar-refractivity contribution in [3.05, 3.63) is 40.5 Å². The van der Waals surface area contributed by atoms with Crippen LogP contribution in [0.15, 0.2) is 23.8 Å². The van der Waals surface area contributed by atoms with Crippen molar-refractivity contribution in [3.8, 4) is 0 Å². The molecule has 152 valence electrons. The van der Waals surface area contributed by atoms with Gasteiger partial charge in [-0.05, 0) is 63.1 Å². The third kappa shape index (κ3) is 7.11. The number of nitrogens with one attached hydrogen (secondary N) is 1. The van der Waals surface area contributed by atoms with Crippen LogP contribution in [0.4, 0.5) is 0 Å². The van der Waals surface area contributed by atoms with E-state index >= 15 is 0 Å². The number of amides is 1. The Morgan fingerprint density at radius 3 is 2.33 bits per heavy atom. The fourth-order valence-electron chi connectivity index (χ4n) is 3.16. The molecule has 0 atom stereocenters. The summed E-state index contributed by atoms with van der Waals surface area (Å²) in [5.41, 5.74) is 5.82. The third-order valence-corrected chi connectivity index (χ3v) is 5.38. The molecule has 0 unspecified atom stereocenters. The zero-order chi connectivity index (χ0) is 20.4. The molecule has 1 amide bonds. The zero-order valence-electron chi connectivity index (χ0n) is 18.5. The number of aryl methyl sites for hydroxylation is 1. The monoisotopic (exact) mass is 373 g/mol. The fourth-order valence-corrected chi connectivity index (χ4v) is 3.16. The molecule has 1 heterocycles. The first kappa shape index (κ1) is 23.4. The first-order chi connectivity index (χ1) is 12.9. The molecule has 1 saturated heterocycles. The van der Waals surface area contributed by atoms with E-state index in [1.54, 1.807) is 0 Å². The summed E-state index contributed by atoms with van der Waals surface area (Å²) in [5, 5.41) is 3.08. The number of hydrogen-bond donors (Lipinski definition) is 1. The zero-order valence-corrected chi connectivity index (χ0v) is 18.5. The van der Waals surface area contributed by atoms with Gasteiger partial charge in [0.1, 0.15) is 0 Å². The molecule has 0 aliphatic carbocycles. The fraction of sp³-hybridized carbons (Fsp3) is 0.609. The van der Waals surface area contributed by atoms with E-state index in [0.29, 0.717) is 6.54 Å². The molecule has 1 aliphatic rings. The van der Waals surface area contributed by atoms with Gasteiger partial charge >= 0.3 is 0 Å². The summed E-state index contributed by atoms with van der Waals surface area (Å²) in [6.45, 7) is 18.6. The molecule has 1 fully saturated rings. The van der Waals surface area contributed by atoms with E-state index in [4.69, 9.17) is 0 Å². The molecule has 0 radical (unpaired) electrons. The van der Waals surface area contributed by atoms with Crippen LogP contribution in [0, 0.1) is 6.92 Å². The van der Waals surface area contributed by atoms with Crippen molar-refractivity contribution >= 4 is 11.5 Å². The van der Waals surface area contributed by atoms with E-state index in [1.165, 1.54) is 22.3 Å². The van der Waals surface area contributed by atoms with Crippen molar-refractivity contribution in [1.29, 1.82) is 0 Å². The smallest absolute Gasteiger partial charge is 0.251 e. The number of benzene rings is 1. The van der Waals surface area contributed by atoms with E-state index < -0.39 is 0 Å². The lowest BCUT2D eigenvalue weighted by molar-refractivity contribution is 0.0941. The van der Waals surface area contributed by atoms with E-state index in [0.717, 1.165) is 44.7 Å². The van der Waals surface area contributed by atoms with Crippen LogP contribution in [0.25, 0.3) is 5.57 Å². The van der Waals surface area contributed by atoms with Crippen LogP contribution in [0.3, 0.4) is 0 Å². The van der Waals surface area contributed by atoms with Crippen LogP contribution in [-0.2, 0) is 0 Å². The summed E-state index contributed by atoms with van der Waals surface area (Å²) >= 11 is 0. The van der Waals surface area contributed by atoms with Crippen LogP contribution in [-0.4, -0.2) is 62.0 Å². The Bertz CT molecular complexity index is 629. The summed E-state index contributed by atoms with van der Waals surface area (Å²) in [5.74, 6) is 0.0253. The maximum Gasteiger partial charge on any atom is 0.251 e. The molecule has 1 aliphatic heterocycles. The minimum atomic E-state index is 0.0253. The Labute approximate surface area is 166 Å². The largest absolute Gasteiger partial charge is 0.351 e. The molecule has 0 spiro atoms. The minimum Gasteiger partial charge on any atom is -0.351 e. The quantitative estimate of drug-likeness (QED) is 0.812. The highest BCUT2D eigenvalue weighted by Gasteiger charge is 2.14. The maximum absolute atomic E-state index is 12.5. The van der Waals surface area contributed by atoms with Crippen molar-refractivity contribution < 1.29 is 4.79 Å². The number of allylic oxidation sites excluding steroid dienone is 2. The van der Waals surface area contributed by atoms with Gasteiger partial charge in [0, 0.05) is 44.8 Å². The number of piperazine rings is 1. The van der Waals surface area contributed by atoms with Gasteiger partial charge < -0.3 is 10.2 Å². The molecule has 4 nitrogen and oxygen atoms in total. The second-order valence-electron chi connectivity index (χ2n) is 7.19. The number of nitrogens with zero attached hydrogens (tertiary/aromatic N) is 2. The highest BCUT2D eigenvalue weighted by molar-refractivity contribution is 5.95. The lowest BCUT2D eigenvalue weighted by Crippen LogP contribution is -2.46. The van der Waals surface area contributed by atoms with Crippen LogP contribution < -0.4 is 5.32 Å². The number of carbonyl (C=O) groups excluding carboxylic acids is 1. The van der Waals surface area contributed by atoms with Gasteiger partial charge in [-0.25, -0.2) is 0 Å². The topological polar surface area (TPSA) is 35.6 Å². The molecule has 1 N–H and O–H groups in total. The van der Waals surface area contributed by atoms with Gasteiger partial charge in [-0.1, -0.05) is 32.4 Å². The van der Waals surface area contributed by atoms with Gasteiger partial charge in [0.05, 0.1) is 0 Å². The average molecular weight is 374 g/mol. The first-order valence-corrected chi connectivity index (χ1v) is 10.4. The molecule has 1 aromatic carbocycles. The van der Waals surface area contributed by atoms with Crippen LogP contribution >= 0.6 is 0 Å². The van der Waals surface area contributed by atoms with Crippen molar-refractivity contribution in [2.75, 3.05) is 46.3 Å². The van der Waals surface area contributed by atoms with Gasteiger partial charge in [0.15, 0.2) is 0 Å². The van der Waals surface area contributed by atoms with Crippen molar-refractivity contribution in [2.24, 2.45) is 0 Å². The van der Waals surface area contributed by atoms with Crippen molar-refractivity contribution in [2.45, 2.75) is 48.0 Å². The molecule has 0 bridgehead atoms. The van der Waals surface area contributed by atoms with Gasteiger partial charge in [-0.3, -0.25) is 9.69 Å². The first-order valence-electron chi connectivity index (χ1n) is 10.4. The van der Waals surface area contributed by atoms with E-state index in [1.807, 2.05) is 26.0 Å². The third-order valence-electron chi connectivity index (χ3n) is 5.38. The number of likely N-dealkylation sites (N-methyl/N-ethyl adjacent to an activating group) is 1. The summed E-state index contributed by atoms with van der Waals surface area (Å²) in [6.07, 6.45) is 1.03. The Balaban J connectivity index is 0.00000176. The Morgan fingerprint density at radius 2 is 1.74 bits per heavy atom. The normalized spacial score (nSPS) is 16.3. The van der Waals surface area contributed by atoms with E-state index in [2.05, 4.69) is 55.9 Å². The molecule has 27 heavy (non-hydrogen) atoms. The van der Waals surface area contributed by atoms with Crippen LogP contribution in [0.5, 0.6) is 0 Å². The standard InChI is InChI=1S/C21H33N3O.C2H6/c1-6-16(2)18(4)20-15-19(8-7-17(20)3)21(25)22-9-10-24-13-11-23(5)12-14-24;1-2/h7-8,15H,6,9-14H2,1-5H3,(H,22,25);1-2H3/b18-16-;. The molecular formula is C23H39N3O. The Morgan fingerprint density at radius 1 is 1.11 bits per heavy atom. The van der Waals surface area contributed by atoms with Gasteiger partial charge in [-0.15, -0.1) is 0 Å². The van der Waals surface area contributed by atoms with Crippen molar-refractivity contribution in [1.82, 2.24) is 15.1 Å². The van der Waals surface area contributed by atoms with Crippen LogP contribution in [0.1, 0.15) is 62.5 Å². The highest BCUT2D eigenvalue weighted by atomic mass is 16.1. The second kappa shape index (κ2) is 11.9. The Hall–Kier alpha value is -1.65. The van der Waals surface area contributed by atoms with Crippen LogP contribution in [0.2, 0.25) is 0 Å². The average Bonchev–Trinajstić information content (AvgIpc) is 2.70. The highest BCUT2D eigenvalue weighted by Crippen LogP contribution is 2.24. The molecule has 0 aromatic heterocycles. The summed E-state index contributed by atoms with van der Waals surface area (Å²) < 4.78 is 0. The van der Waals surface area contributed by atoms with E-state index in [9.17, 15) is 4.79 Å². The van der Waals surface area contributed by atoms with Crippen molar-refractivity contribution in [3.63, 3.8) is 0 Å². The summed E-state index contributed by atoms with van der Waals surface area (Å²) in [6, 6.07) is 6.02. The van der Waals surface area contributed by atoms with Gasteiger partial charge in [0.25, 0.3) is 5.91 Å². The van der Waals surface area contributed by atoms with Gasteiger partial charge in [0.2, 0.25) is 0 Å². The number of rotatable bonds is 6. The predicted octanol–water partition coefficient (Wildman–Crippen LogP) is 4.20. The van der Waals surface area contributed by atoms with Gasteiger partial charge in [-0.2, -0.15) is 0 Å².